The molecule has 3 aromatic rings. The zero-order valence-corrected chi connectivity index (χ0v) is 25.3. The van der Waals surface area contributed by atoms with Gasteiger partial charge in [0.1, 0.15) is 18.3 Å². The van der Waals surface area contributed by atoms with Crippen LogP contribution < -0.4 is 14.4 Å². The first-order valence-electron chi connectivity index (χ1n) is 12.5. The molecule has 0 heterocycles. The SMILES string of the molecule is CCNC(=O)[C@H](C)N(Cc1ccc(Cl)cc1Cl)C(=O)CN(c1ccccc1OCC)S(=O)(=O)c1ccc(Cl)cc1. The Morgan fingerprint density at radius 2 is 1.60 bits per heavy atom. The molecule has 0 aromatic heterocycles. The van der Waals surface area contributed by atoms with Crippen LogP contribution in [0.5, 0.6) is 5.75 Å². The van der Waals surface area contributed by atoms with Crippen LogP contribution in [0.15, 0.2) is 71.6 Å². The lowest BCUT2D eigenvalue weighted by molar-refractivity contribution is -0.139. The highest BCUT2D eigenvalue weighted by Gasteiger charge is 2.34. The predicted octanol–water partition coefficient (Wildman–Crippen LogP) is 5.79. The number of para-hydroxylation sites is 2. The van der Waals surface area contributed by atoms with Crippen LogP contribution in [0.1, 0.15) is 26.3 Å². The first-order chi connectivity index (χ1) is 19.0. The van der Waals surface area contributed by atoms with Crippen molar-refractivity contribution in [2.24, 2.45) is 0 Å². The number of likely N-dealkylation sites (N-methyl/N-ethyl adjacent to an activating group) is 1. The van der Waals surface area contributed by atoms with E-state index < -0.39 is 34.4 Å². The van der Waals surface area contributed by atoms with Crippen LogP contribution in [0.25, 0.3) is 0 Å². The molecule has 1 atom stereocenters. The summed E-state index contributed by atoms with van der Waals surface area (Å²) in [6, 6.07) is 16.0. The Hall–Kier alpha value is -2.98. The van der Waals surface area contributed by atoms with Crippen molar-refractivity contribution in [1.29, 1.82) is 0 Å². The number of ether oxygens (including phenoxy) is 1. The van der Waals surface area contributed by atoms with Crippen molar-refractivity contribution in [2.75, 3.05) is 24.0 Å². The highest BCUT2D eigenvalue weighted by molar-refractivity contribution is 7.92. The minimum absolute atomic E-state index is 0.0604. The van der Waals surface area contributed by atoms with Crippen LogP contribution in [-0.2, 0) is 26.2 Å². The summed E-state index contributed by atoms with van der Waals surface area (Å²) in [6.07, 6.45) is 0. The molecule has 0 aliphatic heterocycles. The number of hydrogen-bond acceptors (Lipinski definition) is 5. The van der Waals surface area contributed by atoms with Crippen LogP contribution in [0.4, 0.5) is 5.69 Å². The van der Waals surface area contributed by atoms with E-state index >= 15 is 0 Å². The van der Waals surface area contributed by atoms with E-state index in [0.29, 0.717) is 27.2 Å². The standard InChI is InChI=1S/C28H30Cl3N3O5S/c1-4-32-28(36)19(3)33(17-20-10-11-22(30)16-24(20)31)27(35)18-34(25-8-6-7-9-26(25)39-5-2)40(37,38)23-14-12-21(29)13-15-23/h6-16,19H,4-5,17-18H2,1-3H3,(H,32,36)/t19-/m0/s1. The van der Waals surface area contributed by atoms with Gasteiger partial charge in [0.05, 0.1) is 17.2 Å². The second-order valence-electron chi connectivity index (χ2n) is 8.69. The first kappa shape index (κ1) is 31.5. The van der Waals surface area contributed by atoms with Crippen molar-refractivity contribution < 1.29 is 22.7 Å². The molecule has 12 heteroatoms. The van der Waals surface area contributed by atoms with Crippen molar-refractivity contribution in [1.82, 2.24) is 10.2 Å². The fourth-order valence-electron chi connectivity index (χ4n) is 3.93. The normalized spacial score (nSPS) is 11.9. The van der Waals surface area contributed by atoms with Gasteiger partial charge in [-0.25, -0.2) is 8.42 Å². The number of carbonyl (C=O) groups is 2. The third-order valence-electron chi connectivity index (χ3n) is 5.99. The lowest BCUT2D eigenvalue weighted by Crippen LogP contribution is -2.51. The molecule has 0 bridgehead atoms. The minimum Gasteiger partial charge on any atom is -0.492 e. The number of nitrogens with zero attached hydrogens (tertiary/aromatic N) is 2. The number of benzene rings is 3. The van der Waals surface area contributed by atoms with E-state index in [4.69, 9.17) is 39.5 Å². The third kappa shape index (κ3) is 7.60. The number of hydrogen-bond donors (Lipinski definition) is 1. The van der Waals surface area contributed by atoms with E-state index in [1.54, 1.807) is 57.2 Å². The van der Waals surface area contributed by atoms with Gasteiger partial charge < -0.3 is 15.0 Å². The van der Waals surface area contributed by atoms with Gasteiger partial charge in [-0.15, -0.1) is 0 Å². The molecule has 1 N–H and O–H groups in total. The molecule has 0 fully saturated rings. The average molecular weight is 627 g/mol. The van der Waals surface area contributed by atoms with Gasteiger partial charge in [0, 0.05) is 28.2 Å². The molecule has 2 amide bonds. The second kappa shape index (κ2) is 14.1. The predicted molar refractivity (Wildman–Crippen MR) is 159 cm³/mol. The van der Waals surface area contributed by atoms with Gasteiger partial charge >= 0.3 is 0 Å². The first-order valence-corrected chi connectivity index (χ1v) is 15.1. The lowest BCUT2D eigenvalue weighted by Gasteiger charge is -2.32. The summed E-state index contributed by atoms with van der Waals surface area (Å²) in [4.78, 5) is 28.0. The van der Waals surface area contributed by atoms with E-state index in [0.717, 1.165) is 4.31 Å². The number of anilines is 1. The Balaban J connectivity index is 2.10. The van der Waals surface area contributed by atoms with Crippen LogP contribution in [-0.4, -0.2) is 50.9 Å². The fourth-order valence-corrected chi connectivity index (χ4v) is 5.94. The maximum absolute atomic E-state index is 14.0. The molecule has 40 heavy (non-hydrogen) atoms. The van der Waals surface area contributed by atoms with Gasteiger partial charge in [-0.1, -0.05) is 53.0 Å². The smallest absolute Gasteiger partial charge is 0.264 e. The number of amides is 2. The zero-order chi connectivity index (χ0) is 29.4. The van der Waals surface area contributed by atoms with Crippen molar-refractivity contribution >= 4 is 62.3 Å². The molecule has 0 spiro atoms. The van der Waals surface area contributed by atoms with Crippen molar-refractivity contribution in [3.8, 4) is 5.75 Å². The molecular formula is C28H30Cl3N3O5S. The summed E-state index contributed by atoms with van der Waals surface area (Å²) in [5.41, 5.74) is 0.708. The lowest BCUT2D eigenvalue weighted by atomic mass is 10.1. The number of carbonyl (C=O) groups excluding carboxylic acids is 2. The minimum atomic E-state index is -4.28. The summed E-state index contributed by atoms with van der Waals surface area (Å²) >= 11 is 18.4. The Bertz CT molecular complexity index is 1450. The Morgan fingerprint density at radius 3 is 2.23 bits per heavy atom. The summed E-state index contributed by atoms with van der Waals surface area (Å²) in [5, 5.41) is 3.79. The summed E-state index contributed by atoms with van der Waals surface area (Å²) in [6.45, 7) is 5.04. The maximum atomic E-state index is 14.0. The van der Waals surface area contributed by atoms with Crippen molar-refractivity contribution in [3.05, 3.63) is 87.4 Å². The summed E-state index contributed by atoms with van der Waals surface area (Å²) in [5.74, 6) is -0.754. The Morgan fingerprint density at radius 1 is 0.950 bits per heavy atom. The van der Waals surface area contributed by atoms with E-state index in [-0.39, 0.29) is 29.5 Å². The van der Waals surface area contributed by atoms with Crippen LogP contribution in [0.2, 0.25) is 15.1 Å². The molecule has 0 radical (unpaired) electrons. The molecule has 3 aromatic carbocycles. The molecule has 214 valence electrons. The van der Waals surface area contributed by atoms with Gasteiger partial charge in [0.15, 0.2) is 0 Å². The van der Waals surface area contributed by atoms with Crippen LogP contribution >= 0.6 is 34.8 Å². The van der Waals surface area contributed by atoms with Gasteiger partial charge in [0.25, 0.3) is 10.0 Å². The molecule has 0 unspecified atom stereocenters. The van der Waals surface area contributed by atoms with Crippen LogP contribution in [0.3, 0.4) is 0 Å². The quantitative estimate of drug-likeness (QED) is 0.274. The number of rotatable bonds is 12. The maximum Gasteiger partial charge on any atom is 0.264 e. The zero-order valence-electron chi connectivity index (χ0n) is 22.2. The van der Waals surface area contributed by atoms with Crippen molar-refractivity contribution in [2.45, 2.75) is 38.3 Å². The third-order valence-corrected chi connectivity index (χ3v) is 8.60. The molecule has 3 rings (SSSR count). The topological polar surface area (TPSA) is 96.0 Å². The van der Waals surface area contributed by atoms with E-state index in [9.17, 15) is 18.0 Å². The molecular weight excluding hydrogens is 597 g/mol. The Labute approximate surface area is 249 Å². The van der Waals surface area contributed by atoms with E-state index in [1.807, 2.05) is 0 Å². The molecule has 0 aliphatic rings. The van der Waals surface area contributed by atoms with Crippen LogP contribution in [0, 0.1) is 0 Å². The Kier molecular flexibility index (Phi) is 11.1. The summed E-state index contributed by atoms with van der Waals surface area (Å²) in [7, 11) is -4.28. The average Bonchev–Trinajstić information content (AvgIpc) is 2.92. The largest absolute Gasteiger partial charge is 0.492 e. The molecule has 0 saturated heterocycles. The monoisotopic (exact) mass is 625 g/mol. The van der Waals surface area contributed by atoms with Gasteiger partial charge in [-0.05, 0) is 74.9 Å². The second-order valence-corrected chi connectivity index (χ2v) is 11.8. The fraction of sp³-hybridized carbons (Fsp3) is 0.286. The number of halogens is 3. The molecule has 0 saturated carbocycles. The highest BCUT2D eigenvalue weighted by atomic mass is 35.5. The van der Waals surface area contributed by atoms with Gasteiger partial charge in [-0.3, -0.25) is 13.9 Å². The van der Waals surface area contributed by atoms with Crippen molar-refractivity contribution in [3.63, 3.8) is 0 Å². The molecule has 8 nitrogen and oxygen atoms in total. The van der Waals surface area contributed by atoms with Gasteiger partial charge in [0.2, 0.25) is 11.8 Å². The molecule has 0 aliphatic carbocycles. The number of sulfonamides is 1. The van der Waals surface area contributed by atoms with E-state index in [2.05, 4.69) is 5.32 Å². The van der Waals surface area contributed by atoms with E-state index in [1.165, 1.54) is 35.2 Å². The summed E-state index contributed by atoms with van der Waals surface area (Å²) < 4.78 is 34.6. The number of nitrogens with one attached hydrogen (secondary N) is 1. The highest BCUT2D eigenvalue weighted by Crippen LogP contribution is 2.33. The van der Waals surface area contributed by atoms with Gasteiger partial charge in [-0.2, -0.15) is 0 Å².